The maximum atomic E-state index is 12.1. The molecule has 2 heterocycles. The van der Waals surface area contributed by atoms with Gasteiger partial charge in [-0.2, -0.15) is 5.10 Å². The van der Waals surface area contributed by atoms with E-state index in [2.05, 4.69) is 15.7 Å². The lowest BCUT2D eigenvalue weighted by molar-refractivity contribution is -0.123. The summed E-state index contributed by atoms with van der Waals surface area (Å²) in [6.45, 7) is 1.64. The van der Waals surface area contributed by atoms with Crippen molar-refractivity contribution in [3.63, 3.8) is 0 Å². The van der Waals surface area contributed by atoms with Gasteiger partial charge in [-0.15, -0.1) is 0 Å². The van der Waals surface area contributed by atoms with E-state index < -0.39 is 6.10 Å². The number of nitrogens with one attached hydrogen (secondary N) is 2. The van der Waals surface area contributed by atoms with Gasteiger partial charge in [0.2, 0.25) is 5.91 Å². The summed E-state index contributed by atoms with van der Waals surface area (Å²) in [5.74, 6) is -0.0644. The monoisotopic (exact) mass is 300 g/mol. The highest BCUT2D eigenvalue weighted by Gasteiger charge is 2.27. The standard InChI is InChI=1S/C16H20N4O2/c21-14-8-15(17-10-14)16(22)18-9-12-4-1-2-5-13(12)11-20-7-3-6-19-20/h1-7,14-15,17,21H,8-11H2,(H,18,22). The normalized spacial score (nSPS) is 21.0. The van der Waals surface area contributed by atoms with Crippen LogP contribution in [-0.2, 0) is 17.9 Å². The van der Waals surface area contributed by atoms with E-state index in [0.29, 0.717) is 26.1 Å². The van der Waals surface area contributed by atoms with Gasteiger partial charge in [0.1, 0.15) is 0 Å². The van der Waals surface area contributed by atoms with Crippen LogP contribution in [0.25, 0.3) is 0 Å². The summed E-state index contributed by atoms with van der Waals surface area (Å²) in [5.41, 5.74) is 2.20. The Bertz CT molecular complexity index is 627. The second-order valence-electron chi connectivity index (χ2n) is 5.54. The smallest absolute Gasteiger partial charge is 0.237 e. The van der Waals surface area contributed by atoms with E-state index >= 15 is 0 Å². The molecule has 0 bridgehead atoms. The molecule has 2 unspecified atom stereocenters. The third-order valence-electron chi connectivity index (χ3n) is 3.89. The number of aliphatic hydroxyl groups is 1. The Morgan fingerprint density at radius 3 is 2.86 bits per heavy atom. The molecule has 0 aliphatic carbocycles. The van der Waals surface area contributed by atoms with Crippen LogP contribution in [0.2, 0.25) is 0 Å². The topological polar surface area (TPSA) is 79.2 Å². The largest absolute Gasteiger partial charge is 0.392 e. The molecule has 1 aromatic carbocycles. The fourth-order valence-corrected chi connectivity index (χ4v) is 2.68. The second-order valence-corrected chi connectivity index (χ2v) is 5.54. The van der Waals surface area contributed by atoms with Crippen molar-refractivity contribution in [3.05, 3.63) is 53.9 Å². The van der Waals surface area contributed by atoms with E-state index in [9.17, 15) is 9.90 Å². The Kier molecular flexibility index (Phi) is 4.50. The first-order valence-electron chi connectivity index (χ1n) is 7.46. The molecule has 2 aromatic rings. The minimum absolute atomic E-state index is 0.0644. The van der Waals surface area contributed by atoms with Crippen molar-refractivity contribution in [2.24, 2.45) is 0 Å². The summed E-state index contributed by atoms with van der Waals surface area (Å²) >= 11 is 0. The van der Waals surface area contributed by atoms with Crippen LogP contribution in [-0.4, -0.2) is 39.5 Å². The first-order valence-corrected chi connectivity index (χ1v) is 7.46. The predicted molar refractivity (Wildman–Crippen MR) is 82.0 cm³/mol. The van der Waals surface area contributed by atoms with Crippen molar-refractivity contribution in [1.82, 2.24) is 20.4 Å². The number of rotatable bonds is 5. The number of hydrogen-bond acceptors (Lipinski definition) is 4. The van der Waals surface area contributed by atoms with Gasteiger partial charge in [0, 0.05) is 25.5 Å². The lowest BCUT2D eigenvalue weighted by atomic mass is 10.1. The summed E-state index contributed by atoms with van der Waals surface area (Å²) in [5, 5.41) is 19.6. The van der Waals surface area contributed by atoms with E-state index in [1.165, 1.54) is 0 Å². The van der Waals surface area contributed by atoms with E-state index in [1.54, 1.807) is 6.20 Å². The quantitative estimate of drug-likeness (QED) is 0.740. The number of carbonyl (C=O) groups is 1. The molecule has 0 radical (unpaired) electrons. The second kappa shape index (κ2) is 6.72. The van der Waals surface area contributed by atoms with Crippen molar-refractivity contribution in [3.8, 4) is 0 Å². The summed E-state index contributed by atoms with van der Waals surface area (Å²) < 4.78 is 1.86. The molecule has 1 saturated heterocycles. The third kappa shape index (κ3) is 3.52. The van der Waals surface area contributed by atoms with Crippen LogP contribution in [0.1, 0.15) is 17.5 Å². The number of amides is 1. The Hall–Kier alpha value is -2.18. The highest BCUT2D eigenvalue weighted by Crippen LogP contribution is 2.11. The van der Waals surface area contributed by atoms with Gasteiger partial charge in [0.25, 0.3) is 0 Å². The van der Waals surface area contributed by atoms with Gasteiger partial charge in [0.15, 0.2) is 0 Å². The summed E-state index contributed by atoms with van der Waals surface area (Å²) in [7, 11) is 0. The molecule has 3 rings (SSSR count). The molecular weight excluding hydrogens is 280 g/mol. The van der Waals surface area contributed by atoms with Crippen LogP contribution in [0.15, 0.2) is 42.7 Å². The van der Waals surface area contributed by atoms with Gasteiger partial charge < -0.3 is 15.7 Å². The maximum Gasteiger partial charge on any atom is 0.237 e. The molecule has 1 fully saturated rings. The minimum Gasteiger partial charge on any atom is -0.392 e. The SMILES string of the molecule is O=C(NCc1ccccc1Cn1cccn1)C1CC(O)CN1. The van der Waals surface area contributed by atoms with Gasteiger partial charge in [-0.25, -0.2) is 0 Å². The Balaban J connectivity index is 1.61. The first-order chi connectivity index (χ1) is 10.7. The lowest BCUT2D eigenvalue weighted by Gasteiger charge is -2.13. The average Bonchev–Trinajstić information content (AvgIpc) is 3.18. The van der Waals surface area contributed by atoms with E-state index in [-0.39, 0.29) is 11.9 Å². The maximum absolute atomic E-state index is 12.1. The van der Waals surface area contributed by atoms with Crippen molar-refractivity contribution in [2.75, 3.05) is 6.54 Å². The zero-order valence-electron chi connectivity index (χ0n) is 12.3. The van der Waals surface area contributed by atoms with Crippen molar-refractivity contribution >= 4 is 5.91 Å². The van der Waals surface area contributed by atoms with Crippen LogP contribution >= 0.6 is 0 Å². The average molecular weight is 300 g/mol. The number of hydrogen-bond donors (Lipinski definition) is 3. The van der Waals surface area contributed by atoms with Crippen molar-refractivity contribution in [1.29, 1.82) is 0 Å². The van der Waals surface area contributed by atoms with E-state index in [1.807, 2.05) is 41.2 Å². The number of β-amino-alcohol motifs (C(OH)–C–C–N with tert-alkyl or cyclic N) is 1. The van der Waals surface area contributed by atoms with Gasteiger partial charge in [-0.3, -0.25) is 9.48 Å². The Morgan fingerprint density at radius 1 is 1.36 bits per heavy atom. The van der Waals surface area contributed by atoms with Gasteiger partial charge in [0.05, 0.1) is 18.7 Å². The third-order valence-corrected chi connectivity index (χ3v) is 3.89. The number of benzene rings is 1. The predicted octanol–water partition coefficient (Wildman–Crippen LogP) is 0.270. The molecule has 116 valence electrons. The van der Waals surface area contributed by atoms with Crippen LogP contribution in [0.4, 0.5) is 0 Å². The highest BCUT2D eigenvalue weighted by molar-refractivity contribution is 5.82. The van der Waals surface area contributed by atoms with E-state index in [0.717, 1.165) is 11.1 Å². The number of nitrogens with zero attached hydrogens (tertiary/aromatic N) is 2. The van der Waals surface area contributed by atoms with Crippen LogP contribution in [0.5, 0.6) is 0 Å². The Labute approximate surface area is 129 Å². The van der Waals surface area contributed by atoms with Gasteiger partial charge in [-0.05, 0) is 23.6 Å². The van der Waals surface area contributed by atoms with Crippen molar-refractivity contribution < 1.29 is 9.90 Å². The number of carbonyl (C=O) groups excluding carboxylic acids is 1. The zero-order valence-corrected chi connectivity index (χ0v) is 12.3. The Morgan fingerprint density at radius 2 is 2.18 bits per heavy atom. The molecule has 2 atom stereocenters. The lowest BCUT2D eigenvalue weighted by Crippen LogP contribution is -2.40. The minimum atomic E-state index is -0.428. The molecule has 1 aliphatic rings. The summed E-state index contributed by atoms with van der Waals surface area (Å²) in [4.78, 5) is 12.1. The molecule has 1 aromatic heterocycles. The van der Waals surface area contributed by atoms with Crippen LogP contribution in [0, 0.1) is 0 Å². The van der Waals surface area contributed by atoms with Gasteiger partial charge >= 0.3 is 0 Å². The summed E-state index contributed by atoms with van der Waals surface area (Å²) in [6, 6.07) is 9.59. The van der Waals surface area contributed by atoms with Gasteiger partial charge in [-0.1, -0.05) is 24.3 Å². The number of aliphatic hydroxyl groups excluding tert-OH is 1. The molecule has 3 N–H and O–H groups in total. The molecular formula is C16H20N4O2. The molecule has 6 heteroatoms. The molecule has 22 heavy (non-hydrogen) atoms. The number of aromatic nitrogens is 2. The fourth-order valence-electron chi connectivity index (χ4n) is 2.68. The molecule has 0 spiro atoms. The first kappa shape index (κ1) is 14.7. The highest BCUT2D eigenvalue weighted by atomic mass is 16.3. The molecule has 1 amide bonds. The summed E-state index contributed by atoms with van der Waals surface area (Å²) in [6.07, 6.45) is 3.71. The molecule has 0 saturated carbocycles. The molecule has 1 aliphatic heterocycles. The van der Waals surface area contributed by atoms with Crippen LogP contribution < -0.4 is 10.6 Å². The van der Waals surface area contributed by atoms with Crippen LogP contribution in [0.3, 0.4) is 0 Å². The van der Waals surface area contributed by atoms with E-state index in [4.69, 9.17) is 0 Å². The molecule has 6 nitrogen and oxygen atoms in total. The zero-order chi connectivity index (χ0) is 15.4. The fraction of sp³-hybridized carbons (Fsp3) is 0.375. The van der Waals surface area contributed by atoms with Crippen molar-refractivity contribution in [2.45, 2.75) is 31.7 Å².